The van der Waals surface area contributed by atoms with Gasteiger partial charge in [-0.15, -0.1) is 0 Å². The second kappa shape index (κ2) is 8.24. The molecule has 0 aliphatic rings. The second-order valence-electron chi connectivity index (χ2n) is 7.01. The van der Waals surface area contributed by atoms with Crippen molar-refractivity contribution in [3.63, 3.8) is 0 Å². The molecule has 5 aromatic rings. The van der Waals surface area contributed by atoms with Crippen LogP contribution in [-0.4, -0.2) is 15.5 Å². The van der Waals surface area contributed by atoms with E-state index in [-0.39, 0.29) is 5.76 Å². The average Bonchev–Trinajstić information content (AvgIpc) is 3.39. The van der Waals surface area contributed by atoms with Gasteiger partial charge < -0.3 is 13.7 Å². The summed E-state index contributed by atoms with van der Waals surface area (Å²) >= 11 is 3.18. The molecule has 0 spiro atoms. The Morgan fingerprint density at radius 1 is 0.903 bits per heavy atom. The van der Waals surface area contributed by atoms with E-state index in [1.54, 1.807) is 24.3 Å². The third-order valence-electron chi connectivity index (χ3n) is 4.94. The van der Waals surface area contributed by atoms with E-state index in [9.17, 15) is 4.79 Å². The zero-order chi connectivity index (χ0) is 21.2. The first-order chi connectivity index (χ1) is 15.2. The van der Waals surface area contributed by atoms with Crippen LogP contribution in [0, 0.1) is 0 Å². The Labute approximate surface area is 187 Å². The first-order valence-corrected chi connectivity index (χ1v) is 10.5. The molecule has 0 unspecified atom stereocenters. The van der Waals surface area contributed by atoms with Gasteiger partial charge in [0.1, 0.15) is 11.6 Å². The number of para-hydroxylation sites is 2. The molecule has 0 bridgehead atoms. The number of imidazole rings is 1. The highest BCUT2D eigenvalue weighted by Crippen LogP contribution is 2.28. The largest absolute Gasteiger partial charge is 0.442 e. The predicted molar refractivity (Wildman–Crippen MR) is 122 cm³/mol. The van der Waals surface area contributed by atoms with Crippen LogP contribution in [-0.2, 0) is 6.54 Å². The minimum absolute atomic E-state index is 0.139. The Kier molecular flexibility index (Phi) is 5.14. The van der Waals surface area contributed by atoms with E-state index < -0.39 is 5.97 Å². The molecule has 2 heterocycles. The Morgan fingerprint density at radius 3 is 2.39 bits per heavy atom. The van der Waals surface area contributed by atoms with Gasteiger partial charge in [-0.3, -0.25) is 0 Å². The molecule has 0 fully saturated rings. The third-order valence-corrected chi connectivity index (χ3v) is 5.36. The first kappa shape index (κ1) is 19.3. The maximum atomic E-state index is 12.2. The summed E-state index contributed by atoms with van der Waals surface area (Å²) in [4.78, 5) is 17.1. The van der Waals surface area contributed by atoms with Gasteiger partial charge in [-0.2, -0.15) is 0 Å². The van der Waals surface area contributed by atoms with Gasteiger partial charge in [0.25, 0.3) is 0 Å². The fourth-order valence-electron chi connectivity index (χ4n) is 3.48. The van der Waals surface area contributed by atoms with E-state index in [0.29, 0.717) is 17.0 Å². The first-order valence-electron chi connectivity index (χ1n) is 9.74. The van der Waals surface area contributed by atoms with E-state index in [4.69, 9.17) is 14.1 Å². The lowest BCUT2D eigenvalue weighted by Gasteiger charge is -2.10. The van der Waals surface area contributed by atoms with E-state index in [0.717, 1.165) is 22.4 Å². The minimum Gasteiger partial charge on any atom is -0.442 e. The number of fused-ring (bicyclic) bond motifs is 1. The summed E-state index contributed by atoms with van der Waals surface area (Å²) in [6.07, 6.45) is 0. The van der Waals surface area contributed by atoms with Crippen LogP contribution in [0.1, 0.15) is 16.1 Å². The molecule has 0 amide bonds. The molecule has 0 saturated heterocycles. The lowest BCUT2D eigenvalue weighted by Crippen LogP contribution is -2.07. The van der Waals surface area contributed by atoms with Crippen molar-refractivity contribution in [3.8, 4) is 17.1 Å². The molecule has 2 aromatic heterocycles. The van der Waals surface area contributed by atoms with E-state index in [1.807, 2.05) is 48.5 Å². The number of esters is 1. The van der Waals surface area contributed by atoms with Crippen molar-refractivity contribution in [3.05, 3.63) is 107 Å². The SMILES string of the molecule is O=C(Oc1ccc(-c2nc3ccccc3n2Cc2ccccc2)cc1)c1ccc(Br)o1. The Balaban J connectivity index is 1.46. The van der Waals surface area contributed by atoms with Crippen molar-refractivity contribution in [2.45, 2.75) is 6.54 Å². The van der Waals surface area contributed by atoms with E-state index in [1.165, 1.54) is 5.56 Å². The molecule has 0 saturated carbocycles. The van der Waals surface area contributed by atoms with Crippen LogP contribution in [0.25, 0.3) is 22.4 Å². The number of nitrogens with zero attached hydrogens (tertiary/aromatic N) is 2. The number of hydrogen-bond donors (Lipinski definition) is 0. The predicted octanol–water partition coefficient (Wildman–Crippen LogP) is 6.33. The normalized spacial score (nSPS) is 11.0. The van der Waals surface area contributed by atoms with Crippen LogP contribution >= 0.6 is 15.9 Å². The number of hydrogen-bond acceptors (Lipinski definition) is 4. The summed E-state index contributed by atoms with van der Waals surface area (Å²) in [6, 6.07) is 28.9. The van der Waals surface area contributed by atoms with E-state index in [2.05, 4.69) is 38.7 Å². The number of benzene rings is 3. The number of carbonyl (C=O) groups excluding carboxylic acids is 1. The highest BCUT2D eigenvalue weighted by atomic mass is 79.9. The van der Waals surface area contributed by atoms with Gasteiger partial charge in [-0.05, 0) is 70.0 Å². The fourth-order valence-corrected chi connectivity index (χ4v) is 3.78. The second-order valence-corrected chi connectivity index (χ2v) is 7.80. The highest BCUT2D eigenvalue weighted by molar-refractivity contribution is 9.10. The van der Waals surface area contributed by atoms with Gasteiger partial charge in [-0.1, -0.05) is 42.5 Å². The van der Waals surface area contributed by atoms with Crippen molar-refractivity contribution < 1.29 is 13.9 Å². The maximum Gasteiger partial charge on any atom is 0.379 e. The fraction of sp³-hybridized carbons (Fsp3) is 0.0400. The van der Waals surface area contributed by atoms with Crippen LogP contribution < -0.4 is 4.74 Å². The molecule has 5 nitrogen and oxygen atoms in total. The molecule has 5 rings (SSSR count). The molecule has 0 aliphatic carbocycles. The number of rotatable bonds is 5. The number of furan rings is 1. The Bertz CT molecular complexity index is 1350. The van der Waals surface area contributed by atoms with Gasteiger partial charge in [0.05, 0.1) is 11.0 Å². The van der Waals surface area contributed by atoms with Gasteiger partial charge in [0, 0.05) is 12.1 Å². The van der Waals surface area contributed by atoms with Crippen LogP contribution in [0.4, 0.5) is 0 Å². The molecular formula is C25H17BrN2O3. The lowest BCUT2D eigenvalue weighted by atomic mass is 10.2. The maximum absolute atomic E-state index is 12.2. The summed E-state index contributed by atoms with van der Waals surface area (Å²) in [5.41, 5.74) is 4.14. The van der Waals surface area contributed by atoms with Gasteiger partial charge >= 0.3 is 5.97 Å². The minimum atomic E-state index is -0.547. The summed E-state index contributed by atoms with van der Waals surface area (Å²) in [7, 11) is 0. The van der Waals surface area contributed by atoms with Crippen molar-refractivity contribution in [1.29, 1.82) is 0 Å². The van der Waals surface area contributed by atoms with E-state index >= 15 is 0 Å². The number of halogens is 1. The summed E-state index contributed by atoms with van der Waals surface area (Å²) in [6.45, 7) is 0.709. The number of ether oxygens (including phenoxy) is 1. The topological polar surface area (TPSA) is 57.3 Å². The lowest BCUT2D eigenvalue weighted by molar-refractivity contribution is 0.0700. The molecule has 31 heavy (non-hydrogen) atoms. The molecule has 0 aliphatic heterocycles. The molecular weight excluding hydrogens is 456 g/mol. The standard InChI is InChI=1S/C25H17BrN2O3/c26-23-15-14-22(31-23)25(29)30-19-12-10-18(11-13-19)24-27-20-8-4-5-9-21(20)28(24)16-17-6-2-1-3-7-17/h1-15H,16H2. The molecule has 152 valence electrons. The zero-order valence-electron chi connectivity index (χ0n) is 16.4. The number of aromatic nitrogens is 2. The molecule has 0 radical (unpaired) electrons. The molecule has 0 N–H and O–H groups in total. The van der Waals surface area contributed by atoms with Gasteiger partial charge in [-0.25, -0.2) is 9.78 Å². The summed E-state index contributed by atoms with van der Waals surface area (Å²) in [5.74, 6) is 0.889. The smallest absolute Gasteiger partial charge is 0.379 e. The van der Waals surface area contributed by atoms with Crippen molar-refractivity contribution >= 4 is 32.9 Å². The summed E-state index contributed by atoms with van der Waals surface area (Å²) < 4.78 is 13.3. The van der Waals surface area contributed by atoms with Crippen molar-refractivity contribution in [2.75, 3.05) is 0 Å². The van der Waals surface area contributed by atoms with Gasteiger partial charge in [0.2, 0.25) is 5.76 Å². The van der Waals surface area contributed by atoms with Crippen LogP contribution in [0.3, 0.4) is 0 Å². The quantitative estimate of drug-likeness (QED) is 0.221. The Hall–Kier alpha value is -3.64. The molecule has 3 aromatic carbocycles. The average molecular weight is 473 g/mol. The van der Waals surface area contributed by atoms with Gasteiger partial charge in [0.15, 0.2) is 4.67 Å². The highest BCUT2D eigenvalue weighted by Gasteiger charge is 2.15. The zero-order valence-corrected chi connectivity index (χ0v) is 18.0. The van der Waals surface area contributed by atoms with Crippen LogP contribution in [0.15, 0.2) is 100 Å². The Morgan fingerprint density at radius 2 is 1.65 bits per heavy atom. The summed E-state index contributed by atoms with van der Waals surface area (Å²) in [5, 5.41) is 0. The van der Waals surface area contributed by atoms with Crippen LogP contribution in [0.2, 0.25) is 0 Å². The van der Waals surface area contributed by atoms with Crippen LogP contribution in [0.5, 0.6) is 5.75 Å². The third kappa shape index (κ3) is 4.02. The monoisotopic (exact) mass is 472 g/mol. The number of carbonyl (C=O) groups is 1. The molecule has 0 atom stereocenters. The van der Waals surface area contributed by atoms with Crippen molar-refractivity contribution in [2.24, 2.45) is 0 Å². The van der Waals surface area contributed by atoms with Crippen molar-refractivity contribution in [1.82, 2.24) is 9.55 Å². The molecule has 6 heteroatoms.